The molecule has 20 heavy (non-hydrogen) atoms. The average Bonchev–Trinajstić information content (AvgIpc) is 2.35. The summed E-state index contributed by atoms with van der Waals surface area (Å²) >= 11 is 2.55. The Labute approximate surface area is 147 Å². The van der Waals surface area contributed by atoms with Crippen molar-refractivity contribution in [2.24, 2.45) is 0 Å². The SMILES string of the molecule is C=C(SC1C=C(C(=O)O)N2C(=O)C[C@H]2S1)C(=O)OC.[H-].[Na+]. The van der Waals surface area contributed by atoms with Crippen molar-refractivity contribution in [3.63, 3.8) is 0 Å². The summed E-state index contributed by atoms with van der Waals surface area (Å²) in [5.74, 6) is -1.88. The van der Waals surface area contributed by atoms with E-state index >= 15 is 0 Å². The minimum absolute atomic E-state index is 0. The van der Waals surface area contributed by atoms with Crippen LogP contribution < -0.4 is 29.6 Å². The topological polar surface area (TPSA) is 83.9 Å². The molecule has 0 aromatic carbocycles. The number of nitrogens with zero attached hydrogens (tertiary/aromatic N) is 1. The van der Waals surface area contributed by atoms with Crippen LogP contribution in [-0.2, 0) is 19.1 Å². The molecule has 1 saturated heterocycles. The third-order valence-corrected chi connectivity index (χ3v) is 5.18. The number of hydrogen-bond donors (Lipinski definition) is 1. The van der Waals surface area contributed by atoms with Gasteiger partial charge in [-0.1, -0.05) is 6.58 Å². The molecule has 0 bridgehead atoms. The fraction of sp³-hybridized carbons (Fsp3) is 0.364. The number of ether oxygens (including phenoxy) is 1. The second kappa shape index (κ2) is 7.04. The molecule has 2 aliphatic heterocycles. The fourth-order valence-electron chi connectivity index (χ4n) is 1.73. The molecule has 1 N–H and O–H groups in total. The van der Waals surface area contributed by atoms with Crippen LogP contribution in [0.1, 0.15) is 7.85 Å². The molecule has 2 heterocycles. The van der Waals surface area contributed by atoms with Gasteiger partial charge in [-0.3, -0.25) is 9.69 Å². The maximum Gasteiger partial charge on any atom is 1.00 e. The Balaban J connectivity index is 0.00000200. The van der Waals surface area contributed by atoms with Gasteiger partial charge in [-0.25, -0.2) is 9.59 Å². The molecule has 0 radical (unpaired) electrons. The van der Waals surface area contributed by atoms with E-state index in [1.165, 1.54) is 29.8 Å². The van der Waals surface area contributed by atoms with Gasteiger partial charge >= 0.3 is 41.5 Å². The summed E-state index contributed by atoms with van der Waals surface area (Å²) in [5, 5.41) is 8.92. The Hall–Kier alpha value is -0.410. The van der Waals surface area contributed by atoms with Crippen LogP contribution in [-0.4, -0.2) is 44.9 Å². The first-order chi connectivity index (χ1) is 8.93. The second-order valence-corrected chi connectivity index (χ2v) is 6.68. The summed E-state index contributed by atoms with van der Waals surface area (Å²) in [6.45, 7) is 3.58. The molecule has 0 aromatic heterocycles. The number of hydrogen-bond acceptors (Lipinski definition) is 6. The first kappa shape index (κ1) is 17.6. The summed E-state index contributed by atoms with van der Waals surface area (Å²) in [7, 11) is 1.26. The van der Waals surface area contributed by atoms with Crippen LogP contribution >= 0.6 is 23.5 Å². The Morgan fingerprint density at radius 2 is 2.30 bits per heavy atom. The molecule has 1 fully saturated rings. The van der Waals surface area contributed by atoms with Gasteiger partial charge in [-0.15, -0.1) is 23.5 Å². The van der Waals surface area contributed by atoms with E-state index in [1.807, 2.05) is 0 Å². The van der Waals surface area contributed by atoms with Crippen LogP contribution in [0.2, 0.25) is 0 Å². The molecule has 0 spiro atoms. The van der Waals surface area contributed by atoms with Gasteiger partial charge in [0.25, 0.3) is 0 Å². The van der Waals surface area contributed by atoms with E-state index in [0.29, 0.717) is 6.42 Å². The zero-order valence-electron chi connectivity index (χ0n) is 12.0. The second-order valence-electron chi connectivity index (χ2n) is 3.82. The number of β-lactam (4-membered cyclic amide) rings is 1. The van der Waals surface area contributed by atoms with E-state index in [1.54, 1.807) is 0 Å². The van der Waals surface area contributed by atoms with Crippen molar-refractivity contribution in [1.29, 1.82) is 0 Å². The van der Waals surface area contributed by atoms with E-state index < -0.39 is 11.9 Å². The van der Waals surface area contributed by atoms with Gasteiger partial charge < -0.3 is 11.3 Å². The summed E-state index contributed by atoms with van der Waals surface area (Å²) in [6.07, 6.45) is 1.77. The number of thioether (sulfide) groups is 2. The third-order valence-electron chi connectivity index (χ3n) is 2.64. The summed E-state index contributed by atoms with van der Waals surface area (Å²) in [5.41, 5.74) is -0.0323. The van der Waals surface area contributed by atoms with Crippen LogP contribution in [0.25, 0.3) is 0 Å². The van der Waals surface area contributed by atoms with Crippen LogP contribution in [0, 0.1) is 0 Å². The molecule has 2 atom stereocenters. The molecule has 0 saturated carbocycles. The van der Waals surface area contributed by atoms with E-state index in [-0.39, 0.29) is 57.4 Å². The standard InChI is InChI=1S/C11H11NO5S2.Na.H/c1-5(11(16)17-2)18-9-3-6(10(14)15)12-7(13)4-8(12)19-9;;/h3,8-9H,1,4H2,2H3,(H,14,15);;/q;+1;-1/t8-,9?;;/m1../s1. The van der Waals surface area contributed by atoms with Crippen molar-refractivity contribution in [3.8, 4) is 0 Å². The Bertz CT molecular complexity index is 513. The van der Waals surface area contributed by atoms with Gasteiger partial charge in [0.05, 0.1) is 28.4 Å². The number of carbonyl (C=O) groups excluding carboxylic acids is 2. The van der Waals surface area contributed by atoms with E-state index in [9.17, 15) is 14.4 Å². The summed E-state index contributed by atoms with van der Waals surface area (Å²) < 4.78 is 4.27. The fourth-order valence-corrected chi connectivity index (χ4v) is 4.45. The van der Waals surface area contributed by atoms with Crippen LogP contribution in [0.3, 0.4) is 0 Å². The van der Waals surface area contributed by atoms with E-state index in [0.717, 1.165) is 11.8 Å². The van der Waals surface area contributed by atoms with Gasteiger partial charge in [0, 0.05) is 0 Å². The van der Waals surface area contributed by atoms with E-state index in [4.69, 9.17) is 5.11 Å². The minimum atomic E-state index is -1.15. The minimum Gasteiger partial charge on any atom is -1.00 e. The quantitative estimate of drug-likeness (QED) is 0.280. The Kier molecular flexibility index (Phi) is 6.21. The number of aliphatic carboxylic acids is 1. The molecule has 104 valence electrons. The number of rotatable bonds is 4. The number of methoxy groups -OCH3 is 1. The zero-order chi connectivity index (χ0) is 14.2. The van der Waals surface area contributed by atoms with Crippen LogP contribution in [0.15, 0.2) is 23.3 Å². The number of amides is 1. The molecule has 6 nitrogen and oxygen atoms in total. The predicted octanol–water partition coefficient (Wildman–Crippen LogP) is -1.88. The first-order valence-electron chi connectivity index (χ1n) is 5.30. The van der Waals surface area contributed by atoms with Crippen molar-refractivity contribution in [2.75, 3.05) is 7.11 Å². The Morgan fingerprint density at radius 3 is 2.80 bits per heavy atom. The van der Waals surface area contributed by atoms with Gasteiger partial charge in [0.15, 0.2) is 0 Å². The largest absolute Gasteiger partial charge is 1.00 e. The predicted molar refractivity (Wildman–Crippen MR) is 72.2 cm³/mol. The molecule has 1 amide bonds. The monoisotopic (exact) mass is 325 g/mol. The molecular formula is C11H12NNaO5S2. The number of esters is 1. The maximum absolute atomic E-state index is 11.4. The Morgan fingerprint density at radius 1 is 1.65 bits per heavy atom. The van der Waals surface area contributed by atoms with Crippen molar-refractivity contribution in [2.45, 2.75) is 16.4 Å². The third kappa shape index (κ3) is 3.43. The summed E-state index contributed by atoms with van der Waals surface area (Å²) in [4.78, 5) is 35.2. The van der Waals surface area contributed by atoms with Crippen molar-refractivity contribution in [3.05, 3.63) is 23.3 Å². The van der Waals surface area contributed by atoms with Gasteiger partial charge in [-0.2, -0.15) is 0 Å². The molecule has 1 unspecified atom stereocenters. The molecule has 2 rings (SSSR count). The normalized spacial score (nSPS) is 23.8. The van der Waals surface area contributed by atoms with Gasteiger partial charge in [0.1, 0.15) is 5.70 Å². The number of carboxylic acid groups (broad SMARTS) is 1. The zero-order valence-corrected chi connectivity index (χ0v) is 14.6. The van der Waals surface area contributed by atoms with E-state index in [2.05, 4.69) is 11.3 Å². The molecule has 9 heteroatoms. The number of carboxylic acids is 1. The van der Waals surface area contributed by atoms with Gasteiger partial charge in [-0.05, 0) is 6.08 Å². The summed E-state index contributed by atoms with van der Waals surface area (Å²) in [6, 6.07) is 0. The molecule has 0 aromatic rings. The van der Waals surface area contributed by atoms with Crippen molar-refractivity contribution < 1.29 is 55.2 Å². The van der Waals surface area contributed by atoms with Crippen molar-refractivity contribution >= 4 is 41.4 Å². The first-order valence-corrected chi connectivity index (χ1v) is 7.12. The van der Waals surface area contributed by atoms with Crippen LogP contribution in [0.4, 0.5) is 0 Å². The molecule has 2 aliphatic rings. The number of fused-ring (bicyclic) bond motifs is 1. The van der Waals surface area contributed by atoms with Gasteiger partial charge in [0.2, 0.25) is 5.91 Å². The van der Waals surface area contributed by atoms with Crippen molar-refractivity contribution in [1.82, 2.24) is 4.90 Å². The molecule has 0 aliphatic carbocycles. The maximum atomic E-state index is 11.4. The molecular weight excluding hydrogens is 313 g/mol. The number of carbonyl (C=O) groups is 3. The average molecular weight is 325 g/mol. The smallest absolute Gasteiger partial charge is 1.00 e. The van der Waals surface area contributed by atoms with Crippen LogP contribution in [0.5, 0.6) is 0 Å².